The predicted molar refractivity (Wildman–Crippen MR) is 366 cm³/mol. The van der Waals surface area contributed by atoms with E-state index in [0.29, 0.717) is 35.3 Å². The van der Waals surface area contributed by atoms with E-state index < -0.39 is 204 Å². The Balaban J connectivity index is 0.000000228. The number of hydrogen-bond acceptors (Lipinski definition) is 39. The van der Waals surface area contributed by atoms with Gasteiger partial charge < -0.3 is 61.0 Å². The molecule has 6 aromatic rings. The number of aromatic nitrogens is 12. The molecule has 45 nitrogen and oxygen atoms in total. The first-order valence-electron chi connectivity index (χ1n) is 29.4. The zero-order valence-electron chi connectivity index (χ0n) is 55.9. The quantitative estimate of drug-likeness (QED) is 0.00655. The molecule has 6 amide bonds. The van der Waals surface area contributed by atoms with Crippen LogP contribution in [0.1, 0.15) is 32.4 Å². The fourth-order valence-corrected chi connectivity index (χ4v) is 24.4. The molecule has 576 valence electrons. The van der Waals surface area contributed by atoms with E-state index in [4.69, 9.17) is 0 Å². The van der Waals surface area contributed by atoms with Crippen molar-refractivity contribution >= 4 is 206 Å². The maximum Gasteiger partial charge on any atom is 1.00 e. The van der Waals surface area contributed by atoms with E-state index in [1.165, 1.54) is 18.2 Å². The van der Waals surface area contributed by atoms with Crippen molar-refractivity contribution in [1.29, 1.82) is 0 Å². The molecule has 0 radical (unpaired) electrons. The monoisotopic (exact) mass is 1790 g/mol. The zero-order chi connectivity index (χ0) is 78.6. The van der Waals surface area contributed by atoms with Crippen molar-refractivity contribution in [2.24, 2.45) is 0 Å². The Morgan fingerprint density at radius 2 is 0.703 bits per heavy atom. The number of hydrogen-bond donors (Lipinski definition) is 12. The summed E-state index contributed by atoms with van der Waals surface area (Å²) in [7, 11) is -13.8. The van der Waals surface area contributed by atoms with Crippen LogP contribution in [0.4, 0.5) is 0 Å². The van der Waals surface area contributed by atoms with Crippen molar-refractivity contribution in [3.05, 3.63) is 101 Å². The van der Waals surface area contributed by atoms with Gasteiger partial charge in [-0.1, -0.05) is 53.5 Å². The Hall–Kier alpha value is -6.00. The van der Waals surface area contributed by atoms with Crippen LogP contribution in [0, 0.1) is 0 Å². The average molecular weight is 1800 g/mol. The van der Waals surface area contributed by atoms with E-state index in [1.54, 1.807) is 34.3 Å². The number of thioether (sulfide) groups is 6. The van der Waals surface area contributed by atoms with Crippen LogP contribution in [0.5, 0.6) is 0 Å². The zero-order valence-corrected chi connectivity index (χ0v) is 71.7. The number of amides is 6. The molecular formula is C51H45N18Na3O27S12. The number of nitrogens with one attached hydrogen (secondary N) is 6. The van der Waals surface area contributed by atoms with E-state index >= 15 is 0 Å². The third-order valence-corrected chi connectivity index (χ3v) is 28.4. The molecule has 60 heteroatoms. The van der Waals surface area contributed by atoms with Crippen LogP contribution in [0.3, 0.4) is 0 Å². The number of aliphatic carboxylic acids is 6. The fourth-order valence-electron chi connectivity index (χ4n) is 11.0. The third-order valence-electron chi connectivity index (χ3n) is 15.4. The molecule has 0 spiro atoms. The van der Waals surface area contributed by atoms with Crippen molar-refractivity contribution in [3.8, 4) is 0 Å². The van der Waals surface area contributed by atoms with Gasteiger partial charge in [0.2, 0.25) is 33.2 Å². The smallest absolute Gasteiger partial charge is 0.543 e. The van der Waals surface area contributed by atoms with Gasteiger partial charge in [0.05, 0.1) is 68.0 Å². The van der Waals surface area contributed by atoms with E-state index in [2.05, 4.69) is 77.8 Å². The van der Waals surface area contributed by atoms with E-state index in [0.717, 1.165) is 84.0 Å². The molecule has 12 N–H and O–H groups in total. The Bertz CT molecular complexity index is 4490. The van der Waals surface area contributed by atoms with Crippen molar-refractivity contribution in [2.75, 3.05) is 34.5 Å². The summed E-state index contributed by atoms with van der Waals surface area (Å²) < 4.78 is 97.9. The Morgan fingerprint density at radius 1 is 0.459 bits per heavy atom. The molecule has 0 saturated carbocycles. The van der Waals surface area contributed by atoms with Gasteiger partial charge in [0.15, 0.2) is 17.8 Å². The summed E-state index contributed by atoms with van der Waals surface area (Å²) in [5.41, 5.74) is -1.93. The number of carbonyl (C=O) groups excluding carboxylic acids is 9. The number of carboxylic acid groups (broad SMARTS) is 6. The summed E-state index contributed by atoms with van der Waals surface area (Å²) in [4.78, 5) is 151. The number of fused-ring (bicyclic) bond motifs is 3. The first-order chi connectivity index (χ1) is 50.9. The SMILES string of the molecule is O=C([O-])C1=C(C(CS(=O)(=O)O)Sc2nn[nH]n2)CS[C@@H]2C(NC(=O)C(C(=O)O)c3cccs3)C(=O)N12.O=C([O-])C1=C(C(CS(=O)(=O)O)Sc2nn[nH]n2)CS[C@@H]2C(NC(=O)C(C(=O)O)c3cccs3)C(=O)N12.O=C([O-])C1=C(C(CS(=O)(=O)O)Sc2nn[nH]n2)CS[C@@H]2C(NC(=O)C(C(=O)O)c3cccs3)C(=O)N12.[Na+].[Na+].[Na+]. The normalized spacial score (nSPS) is 20.8. The van der Waals surface area contributed by atoms with Crippen LogP contribution >= 0.6 is 105 Å². The summed E-state index contributed by atoms with van der Waals surface area (Å²) in [6.45, 7) is 0. The maximum absolute atomic E-state index is 12.9. The van der Waals surface area contributed by atoms with Crippen molar-refractivity contribution in [1.82, 2.24) is 92.5 Å². The van der Waals surface area contributed by atoms with E-state index in [1.807, 2.05) is 0 Å². The molecule has 0 aromatic carbocycles. The van der Waals surface area contributed by atoms with Gasteiger partial charge >= 0.3 is 107 Å². The number of aromatic amines is 3. The minimum absolute atomic E-state index is 0. The van der Waals surface area contributed by atoms with Crippen molar-refractivity contribution in [3.63, 3.8) is 0 Å². The summed E-state index contributed by atoms with van der Waals surface area (Å²) in [5.74, 6) is -22.7. The number of β-lactam (4-membered cyclic amide) rings is 3. The number of tetrazole rings is 3. The minimum atomic E-state index is -4.60. The standard InChI is InChI=1S/3C17H16N6O9S4.3Na/c3*24-12(9(15(26)27)7-2-1-3-33-7)18-10-13(25)23-11(16(28)29)6(4-34-14(10)23)8(5-36(30,31)32)35-17-19-21-22-20-17;;;/h3*1-3,8-10,14H,4-5H2,(H,18,24)(H,26,27)(H,28,29)(H,30,31,32)(H,19,20,21,22);;;/q;;;3*+1/p-3/t3*8?,9?,10?,14-;;;/m111.../s1. The second-order valence-electron chi connectivity index (χ2n) is 22.2. The van der Waals surface area contributed by atoms with Gasteiger partial charge in [0.1, 0.15) is 34.2 Å². The van der Waals surface area contributed by atoms with Crippen LogP contribution in [0.15, 0.2) is 102 Å². The molecule has 9 unspecified atom stereocenters. The molecule has 0 aliphatic carbocycles. The maximum atomic E-state index is 12.9. The second kappa shape index (κ2) is 39.1. The van der Waals surface area contributed by atoms with Crippen LogP contribution in [0.25, 0.3) is 0 Å². The first kappa shape index (κ1) is 92.2. The fraction of sp³-hybridized carbons (Fsp3) is 0.353. The molecule has 6 aromatic heterocycles. The van der Waals surface area contributed by atoms with Gasteiger partial charge in [-0.05, 0) is 66.7 Å². The van der Waals surface area contributed by atoms with E-state index in [9.17, 15) is 127 Å². The molecule has 111 heavy (non-hydrogen) atoms. The third kappa shape index (κ3) is 22.0. The van der Waals surface area contributed by atoms with Crippen molar-refractivity contribution < 1.29 is 216 Å². The Labute approximate surface area is 725 Å². The van der Waals surface area contributed by atoms with Crippen molar-refractivity contribution in [2.45, 2.75) is 83.2 Å². The molecule has 12 rings (SSSR count). The molecule has 6 aliphatic heterocycles. The molecule has 3 saturated heterocycles. The topological polar surface area (TPSA) is 707 Å². The van der Waals surface area contributed by atoms with Gasteiger partial charge in [0, 0.05) is 31.9 Å². The molecule has 12 heterocycles. The number of thiophene rings is 3. The molecular weight excluding hydrogens is 1750 g/mol. The number of H-pyrrole nitrogens is 3. The van der Waals surface area contributed by atoms with Gasteiger partial charge in [-0.3, -0.25) is 71.5 Å². The largest absolute Gasteiger partial charge is 1.00 e. The summed E-state index contributed by atoms with van der Waals surface area (Å²) in [6.07, 6.45) is 0. The van der Waals surface area contributed by atoms with Crippen LogP contribution in [-0.2, 0) is 87.9 Å². The van der Waals surface area contributed by atoms with Gasteiger partial charge in [-0.15, -0.1) is 99.9 Å². The average Bonchev–Trinajstić information content (AvgIpc) is 1.11. The molecule has 12 atom stereocenters. The number of carboxylic acids is 6. The molecule has 6 aliphatic rings. The number of carbonyl (C=O) groups is 12. The second-order valence-corrected chi connectivity index (χ2v) is 36.4. The number of rotatable bonds is 30. The Morgan fingerprint density at radius 3 is 0.883 bits per heavy atom. The van der Waals surface area contributed by atoms with Gasteiger partial charge in [-0.25, -0.2) is 0 Å². The van der Waals surface area contributed by atoms with Crippen LogP contribution in [0.2, 0.25) is 0 Å². The number of nitrogens with zero attached hydrogens (tertiary/aromatic N) is 12. The summed E-state index contributed by atoms with van der Waals surface area (Å²) in [5, 5.41) is 109. The Kier molecular flexibility index (Phi) is 32.5. The van der Waals surface area contributed by atoms with Crippen LogP contribution < -0.4 is 120 Å². The first-order valence-corrected chi connectivity index (χ1v) is 42.6. The minimum Gasteiger partial charge on any atom is -0.543 e. The predicted octanol–water partition coefficient (Wildman–Crippen LogP) is -15.3. The van der Waals surface area contributed by atoms with Gasteiger partial charge in [0.25, 0.3) is 48.1 Å². The van der Waals surface area contributed by atoms with Crippen LogP contribution in [-0.4, -0.2) is 287 Å². The molecule has 0 bridgehead atoms. The summed E-state index contributed by atoms with van der Waals surface area (Å²) >= 11 is 8.35. The van der Waals surface area contributed by atoms with E-state index in [-0.39, 0.29) is 153 Å². The summed E-state index contributed by atoms with van der Waals surface area (Å²) in [6, 6.07) is 5.47. The molecule has 3 fully saturated rings. The van der Waals surface area contributed by atoms with Gasteiger partial charge in [-0.2, -0.15) is 40.9 Å².